The number of aromatic nitrogens is 2. The number of rotatable bonds is 1. The topological polar surface area (TPSA) is 93.7 Å². The molecule has 2 amide bonds. The van der Waals surface area contributed by atoms with Crippen molar-refractivity contribution in [3.05, 3.63) is 54.1 Å². The second-order valence-electron chi connectivity index (χ2n) is 7.58. The molecule has 0 saturated carbocycles. The third kappa shape index (κ3) is 4.43. The largest absolute Gasteiger partial charge is 0.491 e. The van der Waals surface area contributed by atoms with Gasteiger partial charge in [-0.3, -0.25) is 14.6 Å². The molecule has 2 aromatic rings. The van der Waals surface area contributed by atoms with Crippen molar-refractivity contribution in [2.45, 2.75) is 31.3 Å². The van der Waals surface area contributed by atoms with Crippen molar-refractivity contribution in [3.8, 4) is 5.75 Å². The average molecular weight is 410 g/mol. The Bertz CT molecular complexity index is 892. The minimum Gasteiger partial charge on any atom is -0.491 e. The molecule has 0 bridgehead atoms. The molecule has 2 aliphatic rings. The smallest absolute Gasteiger partial charge is 0.274 e. The molecular formula is C22H26N4O4. The Morgan fingerprint density at radius 3 is 2.93 bits per heavy atom. The summed E-state index contributed by atoms with van der Waals surface area (Å²) < 4.78 is 11.9. The number of fused-ring (bicyclic) bond motifs is 1. The maximum Gasteiger partial charge on any atom is 0.274 e. The van der Waals surface area contributed by atoms with Gasteiger partial charge in [-0.25, -0.2) is 4.98 Å². The van der Waals surface area contributed by atoms with E-state index in [2.05, 4.69) is 21.4 Å². The van der Waals surface area contributed by atoms with Crippen molar-refractivity contribution >= 4 is 11.8 Å². The van der Waals surface area contributed by atoms with Crippen molar-refractivity contribution < 1.29 is 19.1 Å². The molecule has 1 saturated heterocycles. The summed E-state index contributed by atoms with van der Waals surface area (Å²) in [6.07, 6.45) is 7.58. The molecule has 8 nitrogen and oxygen atoms in total. The summed E-state index contributed by atoms with van der Waals surface area (Å²) in [7, 11) is 0. The first-order valence-corrected chi connectivity index (χ1v) is 10.4. The molecule has 0 radical (unpaired) electrons. The van der Waals surface area contributed by atoms with E-state index in [0.29, 0.717) is 32.7 Å². The summed E-state index contributed by atoms with van der Waals surface area (Å²) >= 11 is 0. The van der Waals surface area contributed by atoms with Gasteiger partial charge >= 0.3 is 0 Å². The van der Waals surface area contributed by atoms with Gasteiger partial charge < -0.3 is 19.7 Å². The number of amides is 2. The Hall–Kier alpha value is -3.00. The van der Waals surface area contributed by atoms with Crippen molar-refractivity contribution in [1.82, 2.24) is 20.2 Å². The fourth-order valence-electron chi connectivity index (χ4n) is 4.00. The van der Waals surface area contributed by atoms with E-state index in [0.717, 1.165) is 25.0 Å². The Morgan fingerprint density at radius 1 is 1.17 bits per heavy atom. The van der Waals surface area contributed by atoms with E-state index in [1.165, 1.54) is 24.2 Å². The van der Waals surface area contributed by atoms with Crippen LogP contribution < -0.4 is 10.1 Å². The van der Waals surface area contributed by atoms with E-state index in [9.17, 15) is 9.59 Å². The zero-order chi connectivity index (χ0) is 20.8. The third-order valence-electron chi connectivity index (χ3n) is 5.56. The van der Waals surface area contributed by atoms with Gasteiger partial charge in [0.1, 0.15) is 18.1 Å². The van der Waals surface area contributed by atoms with E-state index >= 15 is 0 Å². The van der Waals surface area contributed by atoms with Crippen LogP contribution in [-0.4, -0.2) is 65.1 Å². The number of ether oxygens (including phenoxy) is 2. The first-order chi connectivity index (χ1) is 14.7. The molecule has 1 aromatic heterocycles. The highest BCUT2D eigenvalue weighted by Gasteiger charge is 2.44. The number of carbonyl (C=O) groups is 2. The summed E-state index contributed by atoms with van der Waals surface area (Å²) in [5.41, 5.74) is 0.380. The second-order valence-corrected chi connectivity index (χ2v) is 7.58. The van der Waals surface area contributed by atoms with Crippen molar-refractivity contribution in [2.75, 3.05) is 32.8 Å². The SMILES string of the molecule is O=C(c1cnccn1)N1CCOC2(CCCCc3ccccc3OCCNC2=O)C1. The van der Waals surface area contributed by atoms with Crippen LogP contribution in [0.3, 0.4) is 0 Å². The summed E-state index contributed by atoms with van der Waals surface area (Å²) in [6, 6.07) is 8.01. The Morgan fingerprint density at radius 2 is 2.07 bits per heavy atom. The van der Waals surface area contributed by atoms with Crippen LogP contribution in [-0.2, 0) is 16.0 Å². The molecular weight excluding hydrogens is 384 g/mol. The Labute approximate surface area is 175 Å². The van der Waals surface area contributed by atoms with Crippen LogP contribution in [0.15, 0.2) is 42.9 Å². The number of nitrogens with zero attached hydrogens (tertiary/aromatic N) is 3. The Kier molecular flexibility index (Phi) is 6.23. The van der Waals surface area contributed by atoms with Crippen LogP contribution >= 0.6 is 0 Å². The van der Waals surface area contributed by atoms with Gasteiger partial charge in [0.05, 0.1) is 25.9 Å². The molecule has 8 heteroatoms. The molecule has 1 unspecified atom stereocenters. The van der Waals surface area contributed by atoms with Crippen LogP contribution in [0.2, 0.25) is 0 Å². The van der Waals surface area contributed by atoms with Crippen molar-refractivity contribution in [1.29, 1.82) is 0 Å². The standard InChI is InChI=1S/C22H26N4O4/c27-20(18-15-23-9-10-24-18)26-12-14-30-22(16-26)8-4-3-6-17-5-1-2-7-19(17)29-13-11-25-21(22)28/h1-2,5,7,9-10,15H,3-4,6,8,11-14,16H2,(H,25,28). The van der Waals surface area contributed by atoms with Crippen LogP contribution in [0.25, 0.3) is 0 Å². The van der Waals surface area contributed by atoms with Gasteiger partial charge in [-0.2, -0.15) is 0 Å². The summed E-state index contributed by atoms with van der Waals surface area (Å²) in [5.74, 6) is 0.440. The zero-order valence-electron chi connectivity index (χ0n) is 16.9. The third-order valence-corrected chi connectivity index (χ3v) is 5.56. The lowest BCUT2D eigenvalue weighted by Gasteiger charge is -2.41. The molecule has 1 N–H and O–H groups in total. The van der Waals surface area contributed by atoms with Crippen LogP contribution in [0.4, 0.5) is 0 Å². The van der Waals surface area contributed by atoms with Gasteiger partial charge in [0.15, 0.2) is 5.60 Å². The quantitative estimate of drug-likeness (QED) is 0.768. The number of carbonyl (C=O) groups excluding carboxylic acids is 2. The Balaban J connectivity index is 1.50. The van der Waals surface area contributed by atoms with E-state index in [1.807, 2.05) is 18.2 Å². The van der Waals surface area contributed by atoms with Gasteiger partial charge in [-0.15, -0.1) is 0 Å². The van der Waals surface area contributed by atoms with Crippen molar-refractivity contribution in [3.63, 3.8) is 0 Å². The number of benzene rings is 1. The minimum atomic E-state index is -1.06. The molecule has 1 aromatic carbocycles. The van der Waals surface area contributed by atoms with Gasteiger partial charge in [0.2, 0.25) is 0 Å². The summed E-state index contributed by atoms with van der Waals surface area (Å²) in [5, 5.41) is 2.94. The molecule has 0 aliphatic carbocycles. The van der Waals surface area contributed by atoms with Crippen LogP contribution in [0.5, 0.6) is 5.75 Å². The molecule has 2 aliphatic heterocycles. The lowest BCUT2D eigenvalue weighted by atomic mass is 9.91. The van der Waals surface area contributed by atoms with Gasteiger partial charge in [0.25, 0.3) is 11.8 Å². The second kappa shape index (κ2) is 9.21. The lowest BCUT2D eigenvalue weighted by Crippen LogP contribution is -2.61. The number of morpholine rings is 1. The normalized spacial score (nSPS) is 22.8. The monoisotopic (exact) mass is 410 g/mol. The number of hydrogen-bond donors (Lipinski definition) is 1. The maximum atomic E-state index is 13.1. The van der Waals surface area contributed by atoms with E-state index in [4.69, 9.17) is 9.47 Å². The zero-order valence-corrected chi connectivity index (χ0v) is 16.9. The van der Waals surface area contributed by atoms with Gasteiger partial charge in [-0.1, -0.05) is 18.2 Å². The molecule has 1 spiro atoms. The average Bonchev–Trinajstić information content (AvgIpc) is 2.79. The predicted octanol–water partition coefficient (Wildman–Crippen LogP) is 1.61. The highest BCUT2D eigenvalue weighted by Crippen LogP contribution is 2.28. The highest BCUT2D eigenvalue weighted by molar-refractivity contribution is 5.93. The molecule has 4 rings (SSSR count). The van der Waals surface area contributed by atoms with Crippen LogP contribution in [0.1, 0.15) is 35.3 Å². The minimum absolute atomic E-state index is 0.198. The molecule has 3 heterocycles. The van der Waals surface area contributed by atoms with Gasteiger partial charge in [0, 0.05) is 18.9 Å². The number of hydrogen-bond acceptors (Lipinski definition) is 6. The van der Waals surface area contributed by atoms with E-state index < -0.39 is 5.60 Å². The number of aryl methyl sites for hydroxylation is 1. The number of para-hydroxylation sites is 1. The van der Waals surface area contributed by atoms with Gasteiger partial charge in [-0.05, 0) is 37.3 Å². The number of nitrogens with one attached hydrogen (secondary N) is 1. The first kappa shape index (κ1) is 20.3. The summed E-state index contributed by atoms with van der Waals surface area (Å²) in [6.45, 7) is 1.67. The fraction of sp³-hybridized carbons (Fsp3) is 0.455. The van der Waals surface area contributed by atoms with Crippen molar-refractivity contribution in [2.24, 2.45) is 0 Å². The first-order valence-electron chi connectivity index (χ1n) is 10.4. The predicted molar refractivity (Wildman–Crippen MR) is 109 cm³/mol. The fourth-order valence-corrected chi connectivity index (χ4v) is 4.00. The molecule has 158 valence electrons. The lowest BCUT2D eigenvalue weighted by molar-refractivity contribution is -0.159. The van der Waals surface area contributed by atoms with E-state index in [-0.39, 0.29) is 24.1 Å². The maximum absolute atomic E-state index is 13.1. The van der Waals surface area contributed by atoms with E-state index in [1.54, 1.807) is 4.90 Å². The molecule has 1 atom stereocenters. The summed E-state index contributed by atoms with van der Waals surface area (Å²) in [4.78, 5) is 35.7. The molecule has 1 fully saturated rings. The van der Waals surface area contributed by atoms with Crippen LogP contribution in [0, 0.1) is 0 Å². The molecule has 30 heavy (non-hydrogen) atoms. The highest BCUT2D eigenvalue weighted by atomic mass is 16.5.